The van der Waals surface area contributed by atoms with Crippen molar-refractivity contribution in [1.29, 1.82) is 0 Å². The van der Waals surface area contributed by atoms with Gasteiger partial charge >= 0.3 is 0 Å². The fraction of sp³-hybridized carbons (Fsp3) is 0.824. The van der Waals surface area contributed by atoms with Crippen molar-refractivity contribution in [2.24, 2.45) is 0 Å². The van der Waals surface area contributed by atoms with Crippen LogP contribution < -0.4 is 0 Å². The maximum absolute atomic E-state index is 5.76. The molecule has 1 aromatic heterocycles. The van der Waals surface area contributed by atoms with Gasteiger partial charge in [-0.1, -0.05) is 19.4 Å². The van der Waals surface area contributed by atoms with Crippen LogP contribution in [0.1, 0.15) is 44.5 Å². The maximum atomic E-state index is 5.76. The molecule has 24 heavy (non-hydrogen) atoms. The molecule has 0 amide bonds. The third-order valence-electron chi connectivity index (χ3n) is 5.06. The summed E-state index contributed by atoms with van der Waals surface area (Å²) >= 11 is 0. The number of hydrogen-bond acceptors (Lipinski definition) is 6. The lowest BCUT2D eigenvalue weighted by molar-refractivity contribution is 0.0790. The number of aromatic nitrogens is 4. The van der Waals surface area contributed by atoms with Gasteiger partial charge in [-0.25, -0.2) is 4.68 Å². The van der Waals surface area contributed by atoms with Crippen molar-refractivity contribution in [3.05, 3.63) is 18.5 Å². The lowest BCUT2D eigenvalue weighted by Crippen LogP contribution is -2.48. The highest BCUT2D eigenvalue weighted by Crippen LogP contribution is 2.26. The van der Waals surface area contributed by atoms with Crippen LogP contribution in [0.3, 0.4) is 0 Å². The highest BCUT2D eigenvalue weighted by atomic mass is 16.5. The van der Waals surface area contributed by atoms with E-state index in [2.05, 4.69) is 38.8 Å². The lowest BCUT2D eigenvalue weighted by atomic mass is 10.1. The second-order valence-electron chi connectivity index (χ2n) is 6.78. The molecule has 0 N–H and O–H groups in total. The molecule has 1 aromatic rings. The summed E-state index contributed by atoms with van der Waals surface area (Å²) in [6, 6.07) is 0.303. The third kappa shape index (κ3) is 4.20. The van der Waals surface area contributed by atoms with E-state index in [4.69, 9.17) is 4.74 Å². The fourth-order valence-electron chi connectivity index (χ4n) is 3.75. The molecule has 0 aliphatic carbocycles. The summed E-state index contributed by atoms with van der Waals surface area (Å²) in [5.74, 6) is 1.00. The minimum Gasteiger partial charge on any atom is -0.376 e. The molecule has 0 spiro atoms. The van der Waals surface area contributed by atoms with Crippen LogP contribution in [0.25, 0.3) is 0 Å². The average Bonchev–Trinajstić information content (AvgIpc) is 3.26. The Morgan fingerprint density at radius 1 is 1.33 bits per heavy atom. The molecular weight excluding hydrogens is 304 g/mol. The molecule has 0 unspecified atom stereocenters. The fourth-order valence-corrected chi connectivity index (χ4v) is 3.75. The summed E-state index contributed by atoms with van der Waals surface area (Å²) < 4.78 is 7.74. The zero-order valence-corrected chi connectivity index (χ0v) is 14.8. The minimum absolute atomic E-state index is 0.263. The van der Waals surface area contributed by atoms with Gasteiger partial charge in [0.2, 0.25) is 0 Å². The number of tetrazole rings is 1. The number of nitrogens with zero attached hydrogens (tertiary/aromatic N) is 6. The van der Waals surface area contributed by atoms with Gasteiger partial charge in [-0.2, -0.15) is 0 Å². The van der Waals surface area contributed by atoms with Gasteiger partial charge in [0.1, 0.15) is 0 Å². The van der Waals surface area contributed by atoms with Crippen molar-refractivity contribution in [3.63, 3.8) is 0 Å². The first-order valence-corrected chi connectivity index (χ1v) is 9.26. The van der Waals surface area contributed by atoms with E-state index < -0.39 is 0 Å². The van der Waals surface area contributed by atoms with Crippen LogP contribution in [-0.2, 0) is 11.3 Å². The molecule has 0 aromatic carbocycles. The van der Waals surface area contributed by atoms with E-state index in [0.717, 1.165) is 77.4 Å². The summed E-state index contributed by atoms with van der Waals surface area (Å²) in [5.41, 5.74) is 0. The number of ether oxygens (including phenoxy) is 1. The van der Waals surface area contributed by atoms with Crippen LogP contribution in [0.4, 0.5) is 0 Å². The quantitative estimate of drug-likeness (QED) is 0.672. The Kier molecular flexibility index (Phi) is 6.34. The van der Waals surface area contributed by atoms with Gasteiger partial charge in [0.25, 0.3) is 0 Å². The molecule has 3 heterocycles. The smallest absolute Gasteiger partial charge is 0.168 e. The zero-order valence-electron chi connectivity index (χ0n) is 14.8. The SMILES string of the molecule is C=CCN1CCN([C@@H](CCC)c2nnnn2C[C@@H]2CCCO2)CC1. The van der Waals surface area contributed by atoms with Crippen molar-refractivity contribution >= 4 is 0 Å². The van der Waals surface area contributed by atoms with Gasteiger partial charge < -0.3 is 4.74 Å². The summed E-state index contributed by atoms with van der Waals surface area (Å²) in [6.45, 7) is 13.0. The molecule has 2 saturated heterocycles. The molecule has 2 fully saturated rings. The Balaban J connectivity index is 1.67. The van der Waals surface area contributed by atoms with Gasteiger partial charge in [-0.3, -0.25) is 9.80 Å². The molecule has 3 rings (SSSR count). The van der Waals surface area contributed by atoms with Crippen molar-refractivity contribution < 1.29 is 4.74 Å². The zero-order chi connectivity index (χ0) is 16.8. The molecule has 2 aliphatic heterocycles. The van der Waals surface area contributed by atoms with Gasteiger partial charge in [0, 0.05) is 39.3 Å². The van der Waals surface area contributed by atoms with Crippen LogP contribution in [-0.4, -0.2) is 75.4 Å². The van der Waals surface area contributed by atoms with Crippen molar-refractivity contribution in [2.75, 3.05) is 39.3 Å². The predicted molar refractivity (Wildman–Crippen MR) is 92.7 cm³/mol. The Hall–Kier alpha value is -1.31. The lowest BCUT2D eigenvalue weighted by Gasteiger charge is -2.38. The first-order valence-electron chi connectivity index (χ1n) is 9.26. The highest BCUT2D eigenvalue weighted by Gasteiger charge is 2.29. The summed E-state index contributed by atoms with van der Waals surface area (Å²) in [6.07, 6.45) is 6.72. The first kappa shape index (κ1) is 17.5. The molecule has 0 radical (unpaired) electrons. The van der Waals surface area contributed by atoms with Crippen LogP contribution in [0.15, 0.2) is 12.7 Å². The summed E-state index contributed by atoms with van der Waals surface area (Å²) in [7, 11) is 0. The van der Waals surface area contributed by atoms with Crippen LogP contribution in [0, 0.1) is 0 Å². The maximum Gasteiger partial charge on any atom is 0.168 e. The minimum atomic E-state index is 0.263. The molecule has 7 heteroatoms. The van der Waals surface area contributed by atoms with Crippen molar-refractivity contribution in [2.45, 2.75) is 51.3 Å². The summed E-state index contributed by atoms with van der Waals surface area (Å²) in [4.78, 5) is 4.99. The standard InChI is InChI=1S/C17H30N6O/c1-3-6-16(22-11-9-21(8-4-2)10-12-22)17-18-19-20-23(17)14-15-7-5-13-24-15/h4,15-16H,2-3,5-14H2,1H3/t15-,16-/m0/s1. The normalized spacial score (nSPS) is 24.3. The first-order chi connectivity index (χ1) is 11.8. The van der Waals surface area contributed by atoms with E-state index in [-0.39, 0.29) is 6.10 Å². The third-order valence-corrected chi connectivity index (χ3v) is 5.06. The van der Waals surface area contributed by atoms with Crippen LogP contribution in [0.5, 0.6) is 0 Å². The van der Waals surface area contributed by atoms with E-state index in [1.54, 1.807) is 0 Å². The number of hydrogen-bond donors (Lipinski definition) is 0. The van der Waals surface area contributed by atoms with Gasteiger partial charge in [-0.15, -0.1) is 11.7 Å². The van der Waals surface area contributed by atoms with Gasteiger partial charge in [-0.05, 0) is 29.7 Å². The highest BCUT2D eigenvalue weighted by molar-refractivity contribution is 4.96. The average molecular weight is 334 g/mol. The molecular formula is C17H30N6O. The van der Waals surface area contributed by atoms with Gasteiger partial charge in [0.05, 0.1) is 18.7 Å². The molecule has 134 valence electrons. The second-order valence-corrected chi connectivity index (χ2v) is 6.78. The largest absolute Gasteiger partial charge is 0.376 e. The molecule has 0 bridgehead atoms. The van der Waals surface area contributed by atoms with Crippen LogP contribution >= 0.6 is 0 Å². The van der Waals surface area contributed by atoms with E-state index in [1.807, 2.05) is 10.8 Å². The van der Waals surface area contributed by atoms with E-state index in [0.29, 0.717) is 6.04 Å². The second kappa shape index (κ2) is 8.69. The van der Waals surface area contributed by atoms with E-state index >= 15 is 0 Å². The monoisotopic (exact) mass is 334 g/mol. The van der Waals surface area contributed by atoms with Crippen molar-refractivity contribution in [1.82, 2.24) is 30.0 Å². The molecule has 2 atom stereocenters. The topological polar surface area (TPSA) is 59.3 Å². The molecule has 2 aliphatic rings. The van der Waals surface area contributed by atoms with Crippen LogP contribution in [0.2, 0.25) is 0 Å². The van der Waals surface area contributed by atoms with Crippen molar-refractivity contribution in [3.8, 4) is 0 Å². The number of piperazine rings is 1. The molecule has 7 nitrogen and oxygen atoms in total. The van der Waals surface area contributed by atoms with Gasteiger partial charge in [0.15, 0.2) is 5.82 Å². The van der Waals surface area contributed by atoms with E-state index in [1.165, 1.54) is 0 Å². The summed E-state index contributed by atoms with van der Waals surface area (Å²) in [5, 5.41) is 12.6. The Labute approximate surface area is 144 Å². The van der Waals surface area contributed by atoms with E-state index in [9.17, 15) is 0 Å². The Morgan fingerprint density at radius 2 is 2.17 bits per heavy atom. The molecule has 0 saturated carbocycles. The number of rotatable bonds is 8. The predicted octanol–water partition coefficient (Wildman–Crippen LogP) is 1.50. The Bertz CT molecular complexity index is 505. The Morgan fingerprint density at radius 3 is 2.83 bits per heavy atom.